The van der Waals surface area contributed by atoms with Crippen LogP contribution in [0.4, 0.5) is 0 Å². The number of rotatable bonds is 1. The Morgan fingerprint density at radius 1 is 0.724 bits per heavy atom. The Labute approximate surface area is 182 Å². The molecule has 0 amide bonds. The van der Waals surface area contributed by atoms with E-state index in [4.69, 9.17) is 86.9 Å². The molecule has 29 heavy (non-hydrogen) atoms. The molecule has 0 spiro atoms. The van der Waals surface area contributed by atoms with Crippen LogP contribution in [0.5, 0.6) is 0 Å². The van der Waals surface area contributed by atoms with Gasteiger partial charge in [-0.1, -0.05) is 4.40 Å². The van der Waals surface area contributed by atoms with E-state index in [0.29, 0.717) is 6.08 Å². The topological polar surface area (TPSA) is 392 Å². The standard InChI is InChI=1S/C2H2O4.CHNO4S.Na.3H3O4P.H/c3-1(4)2(5)6;3-1-2-7(4,5)6;;3*1-5(2,3)4;/h(H,3,4)(H,5,6);(H,4,5,6);;3*(H3,1,2,3,4);/q;;+1;;;;-1. The smallest absolute Gasteiger partial charge is 1.00 e. The van der Waals surface area contributed by atoms with E-state index in [-0.39, 0.29) is 31.0 Å². The Bertz CT molecular complexity index is 670. The van der Waals surface area contributed by atoms with Crippen molar-refractivity contribution in [3.63, 3.8) is 0 Å². The van der Waals surface area contributed by atoms with E-state index in [1.165, 1.54) is 0 Å². The van der Waals surface area contributed by atoms with Gasteiger partial charge in [-0.15, -0.1) is 0 Å². The molecule has 0 saturated carbocycles. The zero-order valence-corrected chi connectivity index (χ0v) is 18.8. The third kappa shape index (κ3) is 315. The molecule has 0 atom stereocenters. The van der Waals surface area contributed by atoms with E-state index in [0.717, 1.165) is 0 Å². The van der Waals surface area contributed by atoms with Crippen LogP contribution in [0.2, 0.25) is 0 Å². The summed E-state index contributed by atoms with van der Waals surface area (Å²) < 4.78 is 54.9. The molecule has 0 heterocycles. The predicted octanol–water partition coefficient (Wildman–Crippen LogP) is -7.39. The molecule has 12 N–H and O–H groups in total. The molecule has 0 rings (SSSR count). The van der Waals surface area contributed by atoms with Crippen LogP contribution in [0.3, 0.4) is 0 Å². The Kier molecular flexibility index (Phi) is 28.7. The average molecular weight is 531 g/mol. The summed E-state index contributed by atoms with van der Waals surface area (Å²) in [5.74, 6) is -3.65. The van der Waals surface area contributed by atoms with Crippen molar-refractivity contribution in [3.05, 3.63) is 0 Å². The summed E-state index contributed by atoms with van der Waals surface area (Å²) in [6, 6.07) is 0. The summed E-state index contributed by atoms with van der Waals surface area (Å²) in [4.78, 5) is 91.9. The van der Waals surface area contributed by atoms with Gasteiger partial charge in [0.25, 0.3) is 6.08 Å². The molecule has 0 aliphatic rings. The molecule has 0 aromatic carbocycles. The molecule has 21 nitrogen and oxygen atoms in total. The van der Waals surface area contributed by atoms with E-state index in [2.05, 4.69) is 0 Å². The minimum atomic E-state index is -4.64. The molecule has 172 valence electrons. The molecule has 0 aliphatic carbocycles. The first kappa shape index (κ1) is 42.6. The van der Waals surface area contributed by atoms with Crippen LogP contribution in [-0.2, 0) is 38.4 Å². The number of carboxylic acids is 2. The molecule has 0 saturated heterocycles. The summed E-state index contributed by atoms with van der Waals surface area (Å²) in [6.45, 7) is 0. The first-order valence-electron chi connectivity index (χ1n) is 4.58. The van der Waals surface area contributed by atoms with Gasteiger partial charge in [-0.3, -0.25) is 4.55 Å². The number of nitrogens with zero attached hydrogens (tertiary/aromatic N) is 1. The van der Waals surface area contributed by atoms with Crippen LogP contribution in [0.15, 0.2) is 4.40 Å². The van der Waals surface area contributed by atoms with Crippen molar-refractivity contribution in [2.45, 2.75) is 0 Å². The maximum atomic E-state index is 9.36. The van der Waals surface area contributed by atoms with Gasteiger partial charge in [0.15, 0.2) is 0 Å². The van der Waals surface area contributed by atoms with Gasteiger partial charge in [-0.2, -0.15) is 8.42 Å². The third-order valence-electron chi connectivity index (χ3n) is 0.336. The summed E-state index contributed by atoms with van der Waals surface area (Å²) in [7, 11) is -18.4. The third-order valence-corrected chi connectivity index (χ3v) is 0.641. The first-order valence-corrected chi connectivity index (χ1v) is 10.7. The zero-order valence-electron chi connectivity index (χ0n) is 14.3. The molecular weight excluding hydrogens is 518 g/mol. The molecular formula is C3H13NNaO20P3S. The fourth-order valence-electron chi connectivity index (χ4n) is 0.0471. The van der Waals surface area contributed by atoms with Gasteiger partial charge in [0.2, 0.25) is 0 Å². The zero-order chi connectivity index (χ0) is 24.6. The van der Waals surface area contributed by atoms with E-state index in [9.17, 15) is 8.42 Å². The van der Waals surface area contributed by atoms with Crippen molar-refractivity contribution in [1.29, 1.82) is 0 Å². The van der Waals surface area contributed by atoms with Crippen molar-refractivity contribution in [2.24, 2.45) is 4.40 Å². The second kappa shape index (κ2) is 19.5. The van der Waals surface area contributed by atoms with Crippen LogP contribution in [-0.4, -0.2) is 85.2 Å². The van der Waals surface area contributed by atoms with Gasteiger partial charge >= 0.3 is 75.3 Å². The van der Waals surface area contributed by atoms with Gasteiger partial charge in [0, 0.05) is 0 Å². The van der Waals surface area contributed by atoms with Gasteiger partial charge in [0.1, 0.15) is 0 Å². The second-order valence-electron chi connectivity index (χ2n) is 2.78. The van der Waals surface area contributed by atoms with E-state index in [1.807, 2.05) is 4.40 Å². The number of isocyanates is 1. The predicted molar refractivity (Wildman–Crippen MR) is 78.8 cm³/mol. The Morgan fingerprint density at radius 3 is 0.862 bits per heavy atom. The average Bonchev–Trinajstić information content (AvgIpc) is 2.19. The number of hydrogen-bond donors (Lipinski definition) is 12. The minimum Gasteiger partial charge on any atom is -1.00 e. The summed E-state index contributed by atoms with van der Waals surface area (Å²) >= 11 is 0. The molecule has 0 bridgehead atoms. The van der Waals surface area contributed by atoms with Crippen molar-refractivity contribution < 1.29 is 126 Å². The molecule has 0 fully saturated rings. The number of carbonyl (C=O) groups excluding carboxylic acids is 1. The SMILES string of the molecule is O=C(O)C(=O)O.O=C=NS(=O)(=O)O.O=P(O)(O)O.O=P(O)(O)O.O=P(O)(O)O.[H-].[Na+]. The van der Waals surface area contributed by atoms with Gasteiger partial charge < -0.3 is 55.7 Å². The molecule has 0 unspecified atom stereocenters. The summed E-state index contributed by atoms with van der Waals surface area (Å²) in [5.41, 5.74) is 0. The largest absolute Gasteiger partial charge is 1.00 e. The van der Waals surface area contributed by atoms with Crippen molar-refractivity contribution in [3.8, 4) is 0 Å². The molecule has 0 aliphatic heterocycles. The minimum absolute atomic E-state index is 0. The summed E-state index contributed by atoms with van der Waals surface area (Å²) in [5, 5.41) is 14.8. The van der Waals surface area contributed by atoms with Crippen LogP contribution in [0.1, 0.15) is 1.43 Å². The van der Waals surface area contributed by atoms with Crippen molar-refractivity contribution >= 4 is 51.8 Å². The maximum Gasteiger partial charge on any atom is 1.00 e. The number of aliphatic carboxylic acids is 2. The van der Waals surface area contributed by atoms with Crippen LogP contribution < -0.4 is 29.6 Å². The quantitative estimate of drug-likeness (QED) is 0.0373. The Morgan fingerprint density at radius 2 is 0.862 bits per heavy atom. The Balaban J connectivity index is -0.0000000437. The molecule has 0 aromatic heterocycles. The fraction of sp³-hybridized carbons (Fsp3) is 0. The van der Waals surface area contributed by atoms with Crippen molar-refractivity contribution in [1.82, 2.24) is 0 Å². The van der Waals surface area contributed by atoms with Gasteiger partial charge in [0.05, 0.1) is 0 Å². The van der Waals surface area contributed by atoms with E-state index < -0.39 is 45.7 Å². The fourth-order valence-corrected chi connectivity index (χ4v) is 0.141. The number of carboxylic acid groups (broad SMARTS) is 2. The number of hydrogen-bond acceptors (Lipinski definition) is 8. The number of phosphoric acid groups is 3. The van der Waals surface area contributed by atoms with Crippen LogP contribution in [0.25, 0.3) is 0 Å². The van der Waals surface area contributed by atoms with Crippen LogP contribution >= 0.6 is 23.5 Å². The molecule has 26 heteroatoms. The van der Waals surface area contributed by atoms with Gasteiger partial charge in [-0.25, -0.2) is 28.1 Å². The first-order chi connectivity index (χ1) is 11.7. The van der Waals surface area contributed by atoms with E-state index in [1.54, 1.807) is 0 Å². The molecule has 0 aromatic rings. The number of carbonyl (C=O) groups is 2. The summed E-state index contributed by atoms with van der Waals surface area (Å²) in [6.07, 6.45) is 0.645. The maximum absolute atomic E-state index is 9.36. The van der Waals surface area contributed by atoms with Crippen LogP contribution in [0, 0.1) is 0 Å². The van der Waals surface area contributed by atoms with Gasteiger partial charge in [-0.05, 0) is 0 Å². The molecule has 0 radical (unpaired) electrons. The van der Waals surface area contributed by atoms with Crippen molar-refractivity contribution in [2.75, 3.05) is 0 Å². The second-order valence-corrected chi connectivity index (χ2v) is 6.94. The van der Waals surface area contributed by atoms with E-state index >= 15 is 0 Å². The monoisotopic (exact) mass is 531 g/mol. The Hall–Kier alpha value is -0.440. The normalized spacial score (nSPS) is 10.0.